The van der Waals surface area contributed by atoms with Gasteiger partial charge in [-0.3, -0.25) is 4.79 Å². The molecule has 0 saturated heterocycles. The predicted octanol–water partition coefficient (Wildman–Crippen LogP) is 3.45. The van der Waals surface area contributed by atoms with Crippen LogP contribution in [0.25, 0.3) is 11.0 Å². The van der Waals surface area contributed by atoms with Crippen molar-refractivity contribution in [1.29, 1.82) is 0 Å². The zero-order valence-corrected chi connectivity index (χ0v) is 18.4. The number of rotatable bonds is 10. The Balaban J connectivity index is 1.75. The zero-order valence-electron chi connectivity index (χ0n) is 17.6. The Kier molecular flexibility index (Phi) is 7.91. The third kappa shape index (κ3) is 5.68. The molecule has 1 aromatic carbocycles. The Morgan fingerprint density at radius 2 is 2.00 bits per heavy atom. The van der Waals surface area contributed by atoms with Gasteiger partial charge in [-0.25, -0.2) is 14.6 Å². The van der Waals surface area contributed by atoms with Crippen LogP contribution in [0.2, 0.25) is 0 Å². The number of thioether (sulfide) groups is 1. The topological polar surface area (TPSA) is 94.0 Å². The van der Waals surface area contributed by atoms with Crippen LogP contribution in [0.15, 0.2) is 35.6 Å². The smallest absolute Gasteiger partial charge is 0.383 e. The van der Waals surface area contributed by atoms with Gasteiger partial charge in [0.2, 0.25) is 0 Å². The van der Waals surface area contributed by atoms with Gasteiger partial charge in [0.1, 0.15) is 5.82 Å². The van der Waals surface area contributed by atoms with E-state index in [1.165, 1.54) is 23.9 Å². The van der Waals surface area contributed by atoms with Crippen LogP contribution in [0.1, 0.15) is 22.8 Å². The number of alkyl halides is 3. The molecule has 0 spiro atoms. The first-order valence-electron chi connectivity index (χ1n) is 9.88. The minimum Gasteiger partial charge on any atom is -0.383 e. The molecule has 2 heterocycles. The van der Waals surface area contributed by atoms with Crippen molar-refractivity contribution in [2.45, 2.75) is 24.8 Å². The van der Waals surface area contributed by atoms with E-state index < -0.39 is 23.2 Å². The Morgan fingerprint density at radius 1 is 1.22 bits per heavy atom. The molecule has 32 heavy (non-hydrogen) atoms. The maximum atomic E-state index is 13.2. The molecule has 0 saturated carbocycles. The summed E-state index contributed by atoms with van der Waals surface area (Å²) in [5, 5.41) is 11.3. The first-order valence-corrected chi connectivity index (χ1v) is 10.9. The van der Waals surface area contributed by atoms with Gasteiger partial charge >= 0.3 is 6.18 Å². The van der Waals surface area contributed by atoms with Crippen molar-refractivity contribution in [3.63, 3.8) is 0 Å². The van der Waals surface area contributed by atoms with E-state index in [9.17, 15) is 18.0 Å². The van der Waals surface area contributed by atoms with Crippen molar-refractivity contribution in [2.24, 2.45) is 0 Å². The fourth-order valence-electron chi connectivity index (χ4n) is 3.00. The molecule has 0 bridgehead atoms. The summed E-state index contributed by atoms with van der Waals surface area (Å²) >= 11 is 1.47. The quantitative estimate of drug-likeness (QED) is 0.267. The fraction of sp³-hybridized carbons (Fsp3) is 0.400. The highest BCUT2D eigenvalue weighted by Crippen LogP contribution is 2.31. The number of nitrogens with zero attached hydrogens (tertiary/aromatic N) is 4. The molecule has 0 atom stereocenters. The second-order valence-electron chi connectivity index (χ2n) is 6.61. The summed E-state index contributed by atoms with van der Waals surface area (Å²) in [6.45, 7) is 3.35. The lowest BCUT2D eigenvalue weighted by Crippen LogP contribution is -2.29. The first kappa shape index (κ1) is 23.8. The number of halogens is 3. The molecular weight excluding hydrogens is 445 g/mol. The monoisotopic (exact) mass is 468 g/mol. The van der Waals surface area contributed by atoms with Crippen LogP contribution in [0.3, 0.4) is 0 Å². The lowest BCUT2D eigenvalue weighted by atomic mass is 10.1. The van der Waals surface area contributed by atoms with Crippen LogP contribution in [0.5, 0.6) is 0 Å². The summed E-state index contributed by atoms with van der Waals surface area (Å²) in [7, 11) is 1.61. The fourth-order valence-corrected chi connectivity index (χ4v) is 3.56. The number of anilines is 1. The van der Waals surface area contributed by atoms with E-state index in [1.54, 1.807) is 18.0 Å². The van der Waals surface area contributed by atoms with Crippen LogP contribution in [-0.2, 0) is 17.5 Å². The summed E-state index contributed by atoms with van der Waals surface area (Å²) < 4.78 is 46.1. The lowest BCUT2D eigenvalue weighted by Gasteiger charge is -2.13. The molecule has 0 fully saturated rings. The minimum atomic E-state index is -4.61. The van der Waals surface area contributed by atoms with E-state index in [0.29, 0.717) is 35.2 Å². The number of fused-ring (bicyclic) bond motifs is 1. The number of ether oxygens (including phenoxy) is 1. The summed E-state index contributed by atoms with van der Waals surface area (Å²) in [5.74, 6) is 0.608. The molecule has 0 aliphatic heterocycles. The Morgan fingerprint density at radius 3 is 2.72 bits per heavy atom. The highest BCUT2D eigenvalue weighted by atomic mass is 32.2. The highest BCUT2D eigenvalue weighted by molar-refractivity contribution is 7.99. The van der Waals surface area contributed by atoms with Crippen LogP contribution in [-0.4, -0.2) is 58.2 Å². The van der Waals surface area contributed by atoms with E-state index >= 15 is 0 Å². The van der Waals surface area contributed by atoms with Gasteiger partial charge in [0.25, 0.3) is 5.91 Å². The minimum absolute atomic E-state index is 0.0779. The standard InChI is InChI=1S/C20H23F3N6O2S/c1-3-32-19-27-16(24-9-11-31-2)14-12-26-29(17(14)28-19)10-8-25-18(30)13-6-4-5-7-15(13)20(21,22)23/h4-7,12H,3,8-11H2,1-2H3,(H,25,30)(H,24,27,28). The van der Waals surface area contributed by atoms with Crippen molar-refractivity contribution in [3.05, 3.63) is 41.6 Å². The van der Waals surface area contributed by atoms with E-state index in [1.807, 2.05) is 6.92 Å². The summed E-state index contributed by atoms with van der Waals surface area (Å²) in [5.41, 5.74) is -0.817. The molecule has 2 aromatic heterocycles. The number of hydrogen-bond donors (Lipinski definition) is 2. The summed E-state index contributed by atoms with van der Waals surface area (Å²) in [4.78, 5) is 21.4. The van der Waals surface area contributed by atoms with E-state index in [2.05, 4.69) is 25.7 Å². The number of methoxy groups -OCH3 is 1. The molecule has 2 N–H and O–H groups in total. The van der Waals surface area contributed by atoms with Crippen LogP contribution in [0, 0.1) is 0 Å². The number of carbonyl (C=O) groups is 1. The van der Waals surface area contributed by atoms with Crippen LogP contribution < -0.4 is 10.6 Å². The normalized spacial score (nSPS) is 11.7. The molecule has 0 unspecified atom stereocenters. The van der Waals surface area contributed by atoms with Gasteiger partial charge in [-0.15, -0.1) is 0 Å². The number of carbonyl (C=O) groups excluding carboxylic acids is 1. The molecule has 0 aliphatic rings. The average molecular weight is 469 g/mol. The molecule has 12 heteroatoms. The van der Waals surface area contributed by atoms with Gasteiger partial charge in [-0.05, 0) is 17.9 Å². The molecule has 172 valence electrons. The SMILES string of the molecule is CCSc1nc(NCCOC)c2cnn(CCNC(=O)c3ccccc3C(F)(F)F)c2n1. The van der Waals surface area contributed by atoms with Gasteiger partial charge in [-0.2, -0.15) is 18.3 Å². The number of aromatic nitrogens is 4. The third-order valence-corrected chi connectivity index (χ3v) is 5.16. The second-order valence-corrected chi connectivity index (χ2v) is 7.84. The maximum Gasteiger partial charge on any atom is 0.417 e. The van der Waals surface area contributed by atoms with E-state index in [0.717, 1.165) is 17.9 Å². The summed E-state index contributed by atoms with van der Waals surface area (Å²) in [6, 6.07) is 4.69. The van der Waals surface area contributed by atoms with Crippen LogP contribution >= 0.6 is 11.8 Å². The van der Waals surface area contributed by atoms with Gasteiger partial charge < -0.3 is 15.4 Å². The average Bonchev–Trinajstić information content (AvgIpc) is 3.16. The van der Waals surface area contributed by atoms with Crippen molar-refractivity contribution in [2.75, 3.05) is 37.9 Å². The van der Waals surface area contributed by atoms with E-state index in [4.69, 9.17) is 4.74 Å². The Labute approximate surface area is 186 Å². The van der Waals surface area contributed by atoms with Gasteiger partial charge in [-0.1, -0.05) is 30.8 Å². The highest BCUT2D eigenvalue weighted by Gasteiger charge is 2.34. The number of hydrogen-bond acceptors (Lipinski definition) is 7. The summed E-state index contributed by atoms with van der Waals surface area (Å²) in [6.07, 6.45) is -2.99. The number of benzene rings is 1. The molecule has 1 amide bonds. The molecule has 3 rings (SSSR count). The van der Waals surface area contributed by atoms with Gasteiger partial charge in [0.05, 0.1) is 35.9 Å². The van der Waals surface area contributed by atoms with Crippen LogP contribution in [0.4, 0.5) is 19.0 Å². The number of nitrogens with one attached hydrogen (secondary N) is 2. The second kappa shape index (κ2) is 10.6. The number of amides is 1. The Hall–Kier alpha value is -2.86. The zero-order chi connectivity index (χ0) is 23.1. The van der Waals surface area contributed by atoms with Gasteiger partial charge in [0, 0.05) is 20.2 Å². The first-order chi connectivity index (χ1) is 15.3. The molecule has 3 aromatic rings. The third-order valence-electron chi connectivity index (χ3n) is 4.43. The van der Waals surface area contributed by atoms with E-state index in [-0.39, 0.29) is 13.1 Å². The predicted molar refractivity (Wildman–Crippen MR) is 116 cm³/mol. The molecule has 0 aliphatic carbocycles. The van der Waals surface area contributed by atoms with Crippen molar-refractivity contribution in [3.8, 4) is 0 Å². The maximum absolute atomic E-state index is 13.2. The Bertz CT molecular complexity index is 1070. The van der Waals surface area contributed by atoms with Crippen molar-refractivity contribution < 1.29 is 22.7 Å². The van der Waals surface area contributed by atoms with Gasteiger partial charge in [0.15, 0.2) is 10.8 Å². The molecular formula is C20H23F3N6O2S. The molecule has 8 nitrogen and oxygen atoms in total. The van der Waals surface area contributed by atoms with Crippen molar-refractivity contribution >= 4 is 34.5 Å². The lowest BCUT2D eigenvalue weighted by molar-refractivity contribution is -0.137. The molecule has 0 radical (unpaired) electrons. The van der Waals surface area contributed by atoms with Crippen molar-refractivity contribution in [1.82, 2.24) is 25.1 Å². The largest absolute Gasteiger partial charge is 0.417 e.